The Labute approximate surface area is 174 Å². The summed E-state index contributed by atoms with van der Waals surface area (Å²) in [6.07, 6.45) is 1.37. The smallest absolute Gasteiger partial charge is 0.298 e. The highest BCUT2D eigenvalue weighted by Crippen LogP contribution is 2.29. The van der Waals surface area contributed by atoms with E-state index in [1.54, 1.807) is 25.2 Å². The van der Waals surface area contributed by atoms with Crippen molar-refractivity contribution in [3.8, 4) is 5.75 Å². The standard InChI is InChI=1S/C22H24N4O4/c1-23-20(27)15-7-8-18(29-2)17(13-15)24-21(28)14-9-11-26(12-10-14)22-25-16-5-3-4-6-19(16)30-22/h3-8,13-14H,9-12H2,1-2H3,(H,23,27)(H,24,28). The molecule has 3 aromatic rings. The number of methoxy groups -OCH3 is 1. The first kappa shape index (κ1) is 19.8. The molecule has 0 spiro atoms. The van der Waals surface area contributed by atoms with Crippen molar-refractivity contribution in [3.05, 3.63) is 48.0 Å². The molecule has 0 radical (unpaired) electrons. The van der Waals surface area contributed by atoms with Crippen LogP contribution in [0.25, 0.3) is 11.1 Å². The van der Waals surface area contributed by atoms with Gasteiger partial charge < -0.3 is 24.7 Å². The number of nitrogens with one attached hydrogen (secondary N) is 2. The van der Waals surface area contributed by atoms with Gasteiger partial charge in [0.15, 0.2) is 5.58 Å². The van der Waals surface area contributed by atoms with Crippen LogP contribution in [-0.2, 0) is 4.79 Å². The highest BCUT2D eigenvalue weighted by atomic mass is 16.5. The lowest BCUT2D eigenvalue weighted by atomic mass is 9.96. The lowest BCUT2D eigenvalue weighted by Crippen LogP contribution is -2.38. The zero-order valence-electron chi connectivity index (χ0n) is 17.0. The normalized spacial score (nSPS) is 14.5. The fraction of sp³-hybridized carbons (Fsp3) is 0.318. The Kier molecular flexibility index (Phi) is 5.56. The van der Waals surface area contributed by atoms with Crippen LogP contribution in [0.3, 0.4) is 0 Å². The molecule has 1 fully saturated rings. The molecular weight excluding hydrogens is 384 g/mol. The fourth-order valence-electron chi connectivity index (χ4n) is 3.65. The topological polar surface area (TPSA) is 96.7 Å². The van der Waals surface area contributed by atoms with E-state index >= 15 is 0 Å². The Morgan fingerprint density at radius 2 is 1.93 bits per heavy atom. The van der Waals surface area contributed by atoms with Gasteiger partial charge >= 0.3 is 0 Å². The van der Waals surface area contributed by atoms with Gasteiger partial charge in [-0.2, -0.15) is 4.98 Å². The van der Waals surface area contributed by atoms with E-state index in [-0.39, 0.29) is 17.7 Å². The first-order valence-electron chi connectivity index (χ1n) is 9.90. The number of hydrogen-bond acceptors (Lipinski definition) is 6. The van der Waals surface area contributed by atoms with Crippen LogP contribution in [-0.4, -0.2) is 44.0 Å². The van der Waals surface area contributed by atoms with Crippen molar-refractivity contribution in [3.63, 3.8) is 0 Å². The summed E-state index contributed by atoms with van der Waals surface area (Å²) in [5.41, 5.74) is 2.54. The molecule has 0 aliphatic carbocycles. The Morgan fingerprint density at radius 1 is 1.17 bits per heavy atom. The second-order valence-electron chi connectivity index (χ2n) is 7.21. The maximum atomic E-state index is 12.8. The number of nitrogens with zero attached hydrogens (tertiary/aromatic N) is 2. The molecule has 2 amide bonds. The van der Waals surface area contributed by atoms with E-state index in [0.717, 1.165) is 11.1 Å². The number of rotatable bonds is 5. The van der Waals surface area contributed by atoms with Gasteiger partial charge in [-0.1, -0.05) is 12.1 Å². The maximum Gasteiger partial charge on any atom is 0.298 e. The number of anilines is 2. The summed E-state index contributed by atoms with van der Waals surface area (Å²) < 4.78 is 11.2. The number of oxazole rings is 1. The maximum absolute atomic E-state index is 12.8. The molecule has 2 heterocycles. The molecule has 4 rings (SSSR count). The predicted octanol–water partition coefficient (Wildman–Crippen LogP) is 3.05. The number of piperidine rings is 1. The van der Waals surface area contributed by atoms with Crippen molar-refractivity contribution in [2.24, 2.45) is 5.92 Å². The van der Waals surface area contributed by atoms with Crippen LogP contribution < -0.4 is 20.3 Å². The predicted molar refractivity (Wildman–Crippen MR) is 114 cm³/mol. The molecule has 1 saturated heterocycles. The van der Waals surface area contributed by atoms with Gasteiger partial charge in [0, 0.05) is 31.6 Å². The van der Waals surface area contributed by atoms with Gasteiger partial charge in [-0.25, -0.2) is 0 Å². The lowest BCUT2D eigenvalue weighted by molar-refractivity contribution is -0.120. The number of aromatic nitrogens is 1. The third kappa shape index (κ3) is 3.94. The summed E-state index contributed by atoms with van der Waals surface area (Å²) >= 11 is 0. The molecule has 1 aromatic heterocycles. The molecule has 1 aliphatic heterocycles. The number of carbonyl (C=O) groups excluding carboxylic acids is 2. The second kappa shape index (κ2) is 8.44. The van der Waals surface area contributed by atoms with Crippen LogP contribution in [0.15, 0.2) is 46.9 Å². The quantitative estimate of drug-likeness (QED) is 0.674. The van der Waals surface area contributed by atoms with Crippen LogP contribution in [0, 0.1) is 5.92 Å². The zero-order valence-corrected chi connectivity index (χ0v) is 17.0. The molecule has 0 saturated carbocycles. The Bertz CT molecular complexity index is 1040. The number of para-hydroxylation sites is 2. The van der Waals surface area contributed by atoms with Crippen molar-refractivity contribution in [1.29, 1.82) is 0 Å². The molecule has 0 bridgehead atoms. The molecule has 1 aliphatic rings. The van der Waals surface area contributed by atoms with Gasteiger partial charge in [-0.3, -0.25) is 9.59 Å². The van der Waals surface area contributed by atoms with Gasteiger partial charge in [0.2, 0.25) is 5.91 Å². The first-order chi connectivity index (χ1) is 14.6. The SMILES string of the molecule is CNC(=O)c1ccc(OC)c(NC(=O)C2CCN(c3nc4ccccc4o3)CC2)c1. The number of hydrogen-bond donors (Lipinski definition) is 2. The minimum Gasteiger partial charge on any atom is -0.495 e. The molecule has 2 aromatic carbocycles. The molecule has 30 heavy (non-hydrogen) atoms. The van der Waals surface area contributed by atoms with Crippen molar-refractivity contribution in [2.45, 2.75) is 12.8 Å². The summed E-state index contributed by atoms with van der Waals surface area (Å²) in [5, 5.41) is 5.50. The van der Waals surface area contributed by atoms with Crippen LogP contribution in [0.2, 0.25) is 0 Å². The van der Waals surface area contributed by atoms with E-state index in [2.05, 4.69) is 20.5 Å². The molecule has 156 valence electrons. The number of ether oxygens (including phenoxy) is 1. The van der Waals surface area contributed by atoms with Crippen LogP contribution in [0.1, 0.15) is 23.2 Å². The minimum atomic E-state index is -0.222. The van der Waals surface area contributed by atoms with Crippen LogP contribution >= 0.6 is 0 Å². The average Bonchev–Trinajstić information content (AvgIpc) is 3.23. The Morgan fingerprint density at radius 3 is 2.63 bits per heavy atom. The summed E-state index contributed by atoms with van der Waals surface area (Å²) in [5.74, 6) is 0.0678. The van der Waals surface area contributed by atoms with Crippen molar-refractivity contribution >= 4 is 34.6 Å². The van der Waals surface area contributed by atoms with Gasteiger partial charge in [0.25, 0.3) is 11.9 Å². The summed E-state index contributed by atoms with van der Waals surface area (Å²) in [6, 6.07) is 13.2. The van der Waals surface area contributed by atoms with Crippen molar-refractivity contribution < 1.29 is 18.7 Å². The molecule has 2 N–H and O–H groups in total. The van der Waals surface area contributed by atoms with E-state index in [4.69, 9.17) is 9.15 Å². The number of fused-ring (bicyclic) bond motifs is 1. The van der Waals surface area contributed by atoms with Gasteiger partial charge in [0.1, 0.15) is 11.3 Å². The third-order valence-corrected chi connectivity index (χ3v) is 5.37. The number of carbonyl (C=O) groups is 2. The number of benzene rings is 2. The lowest BCUT2D eigenvalue weighted by Gasteiger charge is -2.30. The number of amides is 2. The summed E-state index contributed by atoms with van der Waals surface area (Å²) in [6.45, 7) is 1.36. The molecule has 8 nitrogen and oxygen atoms in total. The van der Waals surface area contributed by atoms with E-state index in [9.17, 15) is 9.59 Å². The third-order valence-electron chi connectivity index (χ3n) is 5.37. The molecule has 0 unspecified atom stereocenters. The highest BCUT2D eigenvalue weighted by Gasteiger charge is 2.28. The van der Waals surface area contributed by atoms with Crippen molar-refractivity contribution in [2.75, 3.05) is 37.5 Å². The van der Waals surface area contributed by atoms with Gasteiger partial charge in [-0.05, 0) is 43.2 Å². The molecule has 8 heteroatoms. The Balaban J connectivity index is 1.41. The average molecular weight is 408 g/mol. The van der Waals surface area contributed by atoms with Crippen molar-refractivity contribution in [1.82, 2.24) is 10.3 Å². The monoisotopic (exact) mass is 408 g/mol. The molecular formula is C22H24N4O4. The molecule has 0 atom stereocenters. The van der Waals surface area contributed by atoms with Crippen LogP contribution in [0.4, 0.5) is 11.7 Å². The fourth-order valence-corrected chi connectivity index (χ4v) is 3.65. The summed E-state index contributed by atoms with van der Waals surface area (Å²) in [4.78, 5) is 31.4. The van der Waals surface area contributed by atoms with Crippen LogP contribution in [0.5, 0.6) is 5.75 Å². The van der Waals surface area contributed by atoms with Gasteiger partial charge in [0.05, 0.1) is 12.8 Å². The van der Waals surface area contributed by atoms with E-state index < -0.39 is 0 Å². The zero-order chi connectivity index (χ0) is 21.1. The first-order valence-corrected chi connectivity index (χ1v) is 9.90. The van der Waals surface area contributed by atoms with E-state index in [0.29, 0.717) is 48.9 Å². The second-order valence-corrected chi connectivity index (χ2v) is 7.21. The minimum absolute atomic E-state index is 0.0837. The van der Waals surface area contributed by atoms with E-state index in [1.807, 2.05) is 24.3 Å². The largest absolute Gasteiger partial charge is 0.495 e. The van der Waals surface area contributed by atoms with E-state index in [1.165, 1.54) is 7.11 Å². The summed E-state index contributed by atoms with van der Waals surface area (Å²) in [7, 11) is 3.10. The van der Waals surface area contributed by atoms with Gasteiger partial charge in [-0.15, -0.1) is 0 Å². The highest BCUT2D eigenvalue weighted by molar-refractivity contribution is 5.98. The Hall–Kier alpha value is -3.55.